The normalized spacial score (nSPS) is 21.4. The van der Waals surface area contributed by atoms with Gasteiger partial charge < -0.3 is 20.1 Å². The number of imide groups is 1. The number of urea groups is 1. The number of carbonyl (C=O) groups excluding carboxylic acids is 2. The summed E-state index contributed by atoms with van der Waals surface area (Å²) in [5.41, 5.74) is 1.24. The van der Waals surface area contributed by atoms with Gasteiger partial charge in [-0.05, 0) is 55.3 Å². The van der Waals surface area contributed by atoms with Crippen molar-refractivity contribution in [2.24, 2.45) is 0 Å². The number of methoxy groups -OCH3 is 1. The molecule has 3 N–H and O–H groups in total. The van der Waals surface area contributed by atoms with Crippen molar-refractivity contribution in [2.75, 3.05) is 20.2 Å². The molecule has 8 nitrogen and oxygen atoms in total. The van der Waals surface area contributed by atoms with E-state index in [1.807, 2.05) is 13.8 Å². The molecule has 0 aliphatic carbocycles. The second-order valence-corrected chi connectivity index (χ2v) is 10.0. The predicted octanol–water partition coefficient (Wildman–Crippen LogP) is 4.08. The zero-order valence-electron chi connectivity index (χ0n) is 20.9. The van der Waals surface area contributed by atoms with E-state index >= 15 is 4.39 Å². The Labute approximate surface area is 209 Å². The lowest BCUT2D eigenvalue weighted by molar-refractivity contribution is -0.133. The van der Waals surface area contributed by atoms with Gasteiger partial charge in [0.2, 0.25) is 0 Å². The Bertz CT molecular complexity index is 1350. The average molecular weight is 495 g/mol. The van der Waals surface area contributed by atoms with Gasteiger partial charge in [0, 0.05) is 35.6 Å². The molecular weight excluding hydrogens is 463 g/mol. The summed E-state index contributed by atoms with van der Waals surface area (Å²) >= 11 is 0. The summed E-state index contributed by atoms with van der Waals surface area (Å²) in [7, 11) is 1.41. The molecule has 0 bridgehead atoms. The second kappa shape index (κ2) is 8.81. The Morgan fingerprint density at radius 2 is 2.06 bits per heavy atom. The van der Waals surface area contributed by atoms with Gasteiger partial charge >= 0.3 is 6.03 Å². The Hall–Kier alpha value is -3.59. The van der Waals surface area contributed by atoms with E-state index in [2.05, 4.69) is 10.3 Å². The van der Waals surface area contributed by atoms with Crippen LogP contribution in [0.1, 0.15) is 50.1 Å². The van der Waals surface area contributed by atoms with E-state index in [0.29, 0.717) is 46.7 Å². The molecule has 1 fully saturated rings. The standard InChI is InChI=1S/C27H31FN4O4/c1-15(2)29-11-6-12-31-25(34)27(3)14-18-21-19(9-10-20(36-4)22(21)28)30-23(18)24(32(27)26(31)35)16-7-5-8-17(33)13-16/h5,7-10,13,15,24,29-30,33H,6,11-12,14H2,1-4H3/t24-,27+/m1/s1. The first-order chi connectivity index (χ1) is 17.2. The van der Waals surface area contributed by atoms with Crippen molar-refractivity contribution in [3.8, 4) is 11.5 Å². The molecular formula is C27H31FN4O4. The molecule has 3 aromatic rings. The van der Waals surface area contributed by atoms with Crippen molar-refractivity contribution in [1.29, 1.82) is 0 Å². The minimum Gasteiger partial charge on any atom is -0.508 e. The highest BCUT2D eigenvalue weighted by molar-refractivity contribution is 6.08. The van der Waals surface area contributed by atoms with Crippen molar-refractivity contribution >= 4 is 22.8 Å². The molecule has 2 atom stereocenters. The number of H-pyrrole nitrogens is 1. The smallest absolute Gasteiger partial charge is 0.328 e. The van der Waals surface area contributed by atoms with Gasteiger partial charge in [-0.15, -0.1) is 0 Å². The molecule has 0 spiro atoms. The molecule has 36 heavy (non-hydrogen) atoms. The number of amides is 3. The third kappa shape index (κ3) is 3.61. The summed E-state index contributed by atoms with van der Waals surface area (Å²) in [6.07, 6.45) is 0.781. The first-order valence-electron chi connectivity index (χ1n) is 12.2. The molecule has 5 rings (SSSR count). The number of benzene rings is 2. The fourth-order valence-electron chi connectivity index (χ4n) is 5.57. The molecule has 2 aromatic carbocycles. The van der Waals surface area contributed by atoms with Crippen molar-refractivity contribution in [3.05, 3.63) is 59.0 Å². The molecule has 0 saturated carbocycles. The predicted molar refractivity (Wildman–Crippen MR) is 134 cm³/mol. The molecule has 2 aliphatic heterocycles. The number of aromatic hydroxyl groups is 1. The van der Waals surface area contributed by atoms with Crippen LogP contribution >= 0.6 is 0 Å². The molecule has 1 aromatic heterocycles. The van der Waals surface area contributed by atoms with Crippen LogP contribution in [0.4, 0.5) is 9.18 Å². The maximum atomic E-state index is 15.5. The quantitative estimate of drug-likeness (QED) is 0.340. The number of aromatic amines is 1. The number of fused-ring (bicyclic) bond motifs is 4. The highest BCUT2D eigenvalue weighted by Gasteiger charge is 2.60. The van der Waals surface area contributed by atoms with Crippen molar-refractivity contribution in [1.82, 2.24) is 20.1 Å². The van der Waals surface area contributed by atoms with E-state index in [1.54, 1.807) is 48.2 Å². The first-order valence-corrected chi connectivity index (χ1v) is 12.2. The number of carbonyl (C=O) groups is 2. The number of hydrogen-bond donors (Lipinski definition) is 3. The monoisotopic (exact) mass is 494 g/mol. The first kappa shape index (κ1) is 24.1. The van der Waals surface area contributed by atoms with Crippen LogP contribution in [0.2, 0.25) is 0 Å². The highest BCUT2D eigenvalue weighted by atomic mass is 19.1. The highest BCUT2D eigenvalue weighted by Crippen LogP contribution is 2.49. The topological polar surface area (TPSA) is 97.9 Å². The molecule has 1 saturated heterocycles. The summed E-state index contributed by atoms with van der Waals surface area (Å²) in [4.78, 5) is 33.8. The lowest BCUT2D eigenvalue weighted by Gasteiger charge is -2.42. The van der Waals surface area contributed by atoms with Gasteiger partial charge in [0.25, 0.3) is 5.91 Å². The van der Waals surface area contributed by atoms with Crippen molar-refractivity contribution in [2.45, 2.75) is 51.2 Å². The molecule has 3 heterocycles. The van der Waals surface area contributed by atoms with Gasteiger partial charge in [0.05, 0.1) is 7.11 Å². The SMILES string of the molecule is COc1ccc2[nH]c3c(c2c1F)C[C@@]1(C)C(=O)N(CCCNC(C)C)C(=O)N1[C@@H]3c1cccc(O)c1. The number of aromatic nitrogens is 1. The van der Waals surface area contributed by atoms with E-state index in [-0.39, 0.29) is 36.4 Å². The van der Waals surface area contributed by atoms with Gasteiger partial charge in [-0.3, -0.25) is 14.6 Å². The molecule has 190 valence electrons. The molecule has 0 unspecified atom stereocenters. The van der Waals surface area contributed by atoms with Crippen LogP contribution in [0.5, 0.6) is 11.5 Å². The summed E-state index contributed by atoms with van der Waals surface area (Å²) in [5.74, 6) is -0.656. The van der Waals surface area contributed by atoms with Crippen molar-refractivity contribution in [3.63, 3.8) is 0 Å². The number of phenols is 1. The Balaban J connectivity index is 1.65. The molecule has 3 amide bonds. The van der Waals surface area contributed by atoms with Gasteiger partial charge in [0.15, 0.2) is 11.6 Å². The number of phenolic OH excluding ortho intramolecular Hbond substituents is 1. The van der Waals surface area contributed by atoms with Crippen molar-refractivity contribution < 1.29 is 23.8 Å². The van der Waals surface area contributed by atoms with Crippen LogP contribution in [-0.4, -0.2) is 63.6 Å². The van der Waals surface area contributed by atoms with Gasteiger partial charge in [-0.25, -0.2) is 9.18 Å². The van der Waals surface area contributed by atoms with Crippen LogP contribution in [-0.2, 0) is 11.2 Å². The lowest BCUT2D eigenvalue weighted by atomic mass is 9.81. The van der Waals surface area contributed by atoms with Crippen LogP contribution in [0.15, 0.2) is 36.4 Å². The summed E-state index contributed by atoms with van der Waals surface area (Å²) in [5, 5.41) is 13.9. The summed E-state index contributed by atoms with van der Waals surface area (Å²) in [6.45, 7) is 6.79. The molecule has 9 heteroatoms. The van der Waals surface area contributed by atoms with E-state index in [1.165, 1.54) is 12.0 Å². The Morgan fingerprint density at radius 3 is 2.75 bits per heavy atom. The zero-order valence-corrected chi connectivity index (χ0v) is 20.9. The number of halogens is 1. The fourth-order valence-corrected chi connectivity index (χ4v) is 5.57. The molecule has 0 radical (unpaired) electrons. The van der Waals surface area contributed by atoms with Crippen LogP contribution in [0.3, 0.4) is 0 Å². The number of ether oxygens (including phenoxy) is 1. The Morgan fingerprint density at radius 1 is 1.28 bits per heavy atom. The van der Waals surface area contributed by atoms with E-state index in [0.717, 1.165) is 0 Å². The third-order valence-corrected chi connectivity index (χ3v) is 7.25. The minimum atomic E-state index is -1.21. The zero-order chi connectivity index (χ0) is 25.8. The minimum absolute atomic E-state index is 0.0416. The maximum absolute atomic E-state index is 15.5. The maximum Gasteiger partial charge on any atom is 0.328 e. The van der Waals surface area contributed by atoms with E-state index in [9.17, 15) is 14.7 Å². The number of nitrogens with one attached hydrogen (secondary N) is 2. The van der Waals surface area contributed by atoms with Crippen LogP contribution in [0, 0.1) is 5.82 Å². The fraction of sp³-hybridized carbons (Fsp3) is 0.407. The van der Waals surface area contributed by atoms with Gasteiger partial charge in [0.1, 0.15) is 17.3 Å². The van der Waals surface area contributed by atoms with Crippen LogP contribution < -0.4 is 10.1 Å². The van der Waals surface area contributed by atoms with Gasteiger partial charge in [-0.2, -0.15) is 0 Å². The van der Waals surface area contributed by atoms with Crippen LogP contribution in [0.25, 0.3) is 10.9 Å². The third-order valence-electron chi connectivity index (χ3n) is 7.25. The number of hydrogen-bond acceptors (Lipinski definition) is 5. The van der Waals surface area contributed by atoms with E-state index < -0.39 is 17.4 Å². The number of nitrogens with zero attached hydrogens (tertiary/aromatic N) is 2. The number of rotatable bonds is 7. The second-order valence-electron chi connectivity index (χ2n) is 10.0. The average Bonchev–Trinajstić information content (AvgIpc) is 3.28. The Kier molecular flexibility index (Phi) is 5.90. The largest absolute Gasteiger partial charge is 0.508 e. The molecule has 2 aliphatic rings. The van der Waals surface area contributed by atoms with Gasteiger partial charge in [-0.1, -0.05) is 26.0 Å². The summed E-state index contributed by atoms with van der Waals surface area (Å²) in [6, 6.07) is 9.12. The van der Waals surface area contributed by atoms with E-state index in [4.69, 9.17) is 4.74 Å². The lowest BCUT2D eigenvalue weighted by Crippen LogP contribution is -2.53. The summed E-state index contributed by atoms with van der Waals surface area (Å²) < 4.78 is 20.7.